The van der Waals surface area contributed by atoms with Gasteiger partial charge in [0.2, 0.25) is 5.91 Å². The predicted molar refractivity (Wildman–Crippen MR) is 200 cm³/mol. The molecular weight excluding hydrogens is 721 g/mol. The summed E-state index contributed by atoms with van der Waals surface area (Å²) in [5.41, 5.74) is 16.6. The minimum atomic E-state index is -5.05. The number of ether oxygens (including phenoxy) is 1. The highest BCUT2D eigenvalue weighted by Gasteiger charge is 2.32. The highest BCUT2D eigenvalue weighted by molar-refractivity contribution is 6.07. The zero-order valence-electron chi connectivity index (χ0n) is 29.3. The van der Waals surface area contributed by atoms with Crippen LogP contribution in [0.5, 0.6) is 17.2 Å². The number of nitrogens with two attached hydrogens (primary N) is 2. The lowest BCUT2D eigenvalue weighted by Crippen LogP contribution is -2.19. The molecule has 0 aromatic heterocycles. The Kier molecular flexibility index (Phi) is 11.7. The first kappa shape index (κ1) is 39.3. The maximum absolute atomic E-state index is 13.8. The number of carbonyl (C=O) groups is 1. The van der Waals surface area contributed by atoms with Gasteiger partial charge in [-0.2, -0.15) is 0 Å². The van der Waals surface area contributed by atoms with E-state index in [2.05, 4.69) is 29.8 Å². The molecule has 55 heavy (non-hydrogen) atoms. The highest BCUT2D eigenvalue weighted by atomic mass is 19.4. The van der Waals surface area contributed by atoms with Crippen LogP contribution in [0.2, 0.25) is 0 Å². The van der Waals surface area contributed by atoms with E-state index in [1.165, 1.54) is 24.3 Å². The van der Waals surface area contributed by atoms with E-state index >= 15 is 0 Å². The van der Waals surface area contributed by atoms with Gasteiger partial charge in [-0.05, 0) is 99.5 Å². The second kappa shape index (κ2) is 16.4. The summed E-state index contributed by atoms with van der Waals surface area (Å²) in [6.45, 7) is 4.21. The molecule has 0 radical (unpaired) electrons. The number of aromatic hydroxyl groups is 2. The van der Waals surface area contributed by atoms with E-state index < -0.39 is 35.2 Å². The molecule has 282 valence electrons. The van der Waals surface area contributed by atoms with Crippen molar-refractivity contribution in [2.45, 2.75) is 26.1 Å². The first-order valence-corrected chi connectivity index (χ1v) is 16.5. The van der Waals surface area contributed by atoms with E-state index in [1.807, 2.05) is 48.5 Å². The fourth-order valence-corrected chi connectivity index (χ4v) is 5.92. The van der Waals surface area contributed by atoms with Crippen LogP contribution in [0.3, 0.4) is 0 Å². The molecule has 6 aromatic rings. The number of hydrogen-bond acceptors (Lipinski definition) is 6. The van der Waals surface area contributed by atoms with Crippen molar-refractivity contribution in [1.29, 1.82) is 0 Å². The summed E-state index contributed by atoms with van der Waals surface area (Å²) in [4.78, 5) is 12.0. The number of oxime groups is 1. The summed E-state index contributed by atoms with van der Waals surface area (Å²) < 4.78 is 69.6. The van der Waals surface area contributed by atoms with Gasteiger partial charge in [-0.1, -0.05) is 79.7 Å². The van der Waals surface area contributed by atoms with Crippen LogP contribution in [-0.2, 0) is 0 Å². The number of primary amides is 1. The van der Waals surface area contributed by atoms with Crippen LogP contribution in [0.15, 0.2) is 126 Å². The monoisotopic (exact) mass is 755 g/mol. The van der Waals surface area contributed by atoms with Crippen LogP contribution in [0.25, 0.3) is 44.5 Å². The predicted octanol–water partition coefficient (Wildman–Crippen LogP) is 9.95. The fourth-order valence-electron chi connectivity index (χ4n) is 5.92. The zero-order chi connectivity index (χ0) is 40.0. The third-order valence-electron chi connectivity index (χ3n) is 8.39. The van der Waals surface area contributed by atoms with E-state index in [-0.39, 0.29) is 45.5 Å². The first-order chi connectivity index (χ1) is 26.0. The van der Waals surface area contributed by atoms with Gasteiger partial charge in [0.15, 0.2) is 5.84 Å². The lowest BCUT2D eigenvalue weighted by molar-refractivity contribution is -0.274. The van der Waals surface area contributed by atoms with Crippen molar-refractivity contribution >= 4 is 11.7 Å². The molecule has 0 aliphatic carbocycles. The second-order valence-corrected chi connectivity index (χ2v) is 12.6. The van der Waals surface area contributed by atoms with Gasteiger partial charge in [-0.3, -0.25) is 4.79 Å². The number of benzene rings is 6. The minimum Gasteiger partial charge on any atom is -0.508 e. The Balaban J connectivity index is 0.000000212. The molecule has 0 unspecified atom stereocenters. The normalized spacial score (nSPS) is 11.5. The van der Waals surface area contributed by atoms with Crippen molar-refractivity contribution in [2.24, 2.45) is 16.6 Å². The largest absolute Gasteiger partial charge is 0.573 e. The molecule has 0 spiro atoms. The van der Waals surface area contributed by atoms with Gasteiger partial charge in [0.25, 0.3) is 0 Å². The first-order valence-electron chi connectivity index (χ1n) is 16.5. The molecule has 6 rings (SSSR count). The number of rotatable bonds is 8. The van der Waals surface area contributed by atoms with Crippen molar-refractivity contribution in [2.75, 3.05) is 0 Å². The van der Waals surface area contributed by atoms with Gasteiger partial charge in [0.05, 0.1) is 5.56 Å². The van der Waals surface area contributed by atoms with Crippen LogP contribution in [-0.4, -0.2) is 33.5 Å². The molecule has 0 aliphatic heterocycles. The molecule has 8 nitrogen and oxygen atoms in total. The molecule has 0 atom stereocenters. The van der Waals surface area contributed by atoms with E-state index in [4.69, 9.17) is 11.5 Å². The molecule has 0 bridgehead atoms. The van der Waals surface area contributed by atoms with Crippen LogP contribution < -0.4 is 16.2 Å². The maximum atomic E-state index is 13.8. The van der Waals surface area contributed by atoms with Crippen molar-refractivity contribution in [3.05, 3.63) is 150 Å². The molecule has 0 fully saturated rings. The Bertz CT molecular complexity index is 2330. The molecule has 0 heterocycles. The summed E-state index contributed by atoms with van der Waals surface area (Å²) in [5.74, 6) is -3.33. The van der Waals surface area contributed by atoms with E-state index in [9.17, 15) is 42.2 Å². The second-order valence-electron chi connectivity index (χ2n) is 12.6. The zero-order valence-corrected chi connectivity index (χ0v) is 29.3. The van der Waals surface area contributed by atoms with Crippen molar-refractivity contribution in [1.82, 2.24) is 0 Å². The Morgan fingerprint density at radius 3 is 1.64 bits per heavy atom. The topological polar surface area (TPSA) is 151 Å². The van der Waals surface area contributed by atoms with Crippen LogP contribution in [0, 0.1) is 11.6 Å². The Labute approximate surface area is 312 Å². The average Bonchev–Trinajstić information content (AvgIpc) is 3.13. The molecule has 0 saturated heterocycles. The number of carbonyl (C=O) groups excluding carboxylic acids is 1. The van der Waals surface area contributed by atoms with Gasteiger partial charge >= 0.3 is 6.36 Å². The van der Waals surface area contributed by atoms with Gasteiger partial charge < -0.3 is 31.6 Å². The van der Waals surface area contributed by atoms with Gasteiger partial charge in [-0.15, -0.1) is 13.2 Å². The van der Waals surface area contributed by atoms with E-state index in [0.717, 1.165) is 52.1 Å². The summed E-state index contributed by atoms with van der Waals surface area (Å²) in [7, 11) is 0. The SMILES string of the molecule is CC(C)c1cc(C(N)=NO)c(-c2ccccc2)c(-c2ccc(O)cc2)c1.NC(=O)c1cc(OC(F)(F)F)cc(-c2ccc(O)cc2)c1-c1cc(F)cc(F)c1. The summed E-state index contributed by atoms with van der Waals surface area (Å²) >= 11 is 0. The molecule has 0 aliphatic rings. The third-order valence-corrected chi connectivity index (χ3v) is 8.39. The number of hydrogen-bond donors (Lipinski definition) is 5. The highest BCUT2D eigenvalue weighted by Crippen LogP contribution is 2.41. The lowest BCUT2D eigenvalue weighted by atomic mass is 9.86. The molecule has 1 amide bonds. The summed E-state index contributed by atoms with van der Waals surface area (Å²) in [6, 6.07) is 30.4. The van der Waals surface area contributed by atoms with Crippen LogP contribution in [0.4, 0.5) is 22.0 Å². The van der Waals surface area contributed by atoms with E-state index in [1.54, 1.807) is 12.1 Å². The van der Waals surface area contributed by atoms with Gasteiger partial charge in [0.1, 0.15) is 28.9 Å². The standard InChI is InChI=1S/C22H22N2O2.C20H12F5NO3/c1-14(2)17-12-19(15-8-10-18(25)11-9-15)21(16-6-4-3-5-7-16)20(13-17)22(23)24-26;21-12-5-11(6-13(22)7-12)18-16(10-1-3-14(27)4-2-10)8-15(29-20(23,24)25)9-17(18)19(26)28/h3-14,25-26H,1-2H3,(H2,23,24);1-9,27H,(H2,26,28). The third kappa shape index (κ3) is 9.57. The quantitative estimate of drug-likeness (QED) is 0.0343. The Morgan fingerprint density at radius 2 is 1.16 bits per heavy atom. The number of nitrogens with zero attached hydrogens (tertiary/aromatic N) is 1. The number of phenols is 2. The number of amidine groups is 1. The van der Waals surface area contributed by atoms with Gasteiger partial charge in [0, 0.05) is 22.8 Å². The van der Waals surface area contributed by atoms with Crippen molar-refractivity contribution < 1.29 is 46.9 Å². The van der Waals surface area contributed by atoms with Crippen molar-refractivity contribution in [3.8, 4) is 61.8 Å². The van der Waals surface area contributed by atoms with E-state index in [0.29, 0.717) is 11.6 Å². The van der Waals surface area contributed by atoms with Crippen molar-refractivity contribution in [3.63, 3.8) is 0 Å². The molecular formula is C42H34F5N3O5. The number of alkyl halides is 3. The maximum Gasteiger partial charge on any atom is 0.573 e. The molecule has 0 saturated carbocycles. The van der Waals surface area contributed by atoms with Gasteiger partial charge in [-0.25, -0.2) is 8.78 Å². The minimum absolute atomic E-state index is 0.00875. The lowest BCUT2D eigenvalue weighted by Gasteiger charge is -2.19. The Hall–Kier alpha value is -6.89. The summed E-state index contributed by atoms with van der Waals surface area (Å²) in [5, 5.41) is 31.7. The fraction of sp³-hybridized carbons (Fsp3) is 0.0952. The number of phenolic OH excluding ortho intramolecular Hbond substituents is 2. The smallest absolute Gasteiger partial charge is 0.508 e. The molecule has 6 aromatic carbocycles. The summed E-state index contributed by atoms with van der Waals surface area (Å²) in [6.07, 6.45) is -5.05. The molecule has 13 heteroatoms. The molecule has 7 N–H and O–H groups in total. The Morgan fingerprint density at radius 1 is 0.655 bits per heavy atom. The number of halogens is 5. The van der Waals surface area contributed by atoms with Crippen LogP contribution >= 0.6 is 0 Å². The number of amides is 1. The average molecular weight is 756 g/mol. The van der Waals surface area contributed by atoms with Crippen LogP contribution in [0.1, 0.15) is 41.3 Å².